The van der Waals surface area contributed by atoms with Gasteiger partial charge in [-0.15, -0.1) is 0 Å². The zero-order valence-electron chi connectivity index (χ0n) is 14.4. The maximum absolute atomic E-state index is 12.9. The maximum Gasteiger partial charge on any atom is 0.266 e. The average molecular weight is 375 g/mol. The molecule has 0 saturated carbocycles. The number of hydrogen-bond donors (Lipinski definition) is 0. The SMILES string of the molecule is O=C1c2ccc(N3Cc4ccccc4C3)cc2C(=O)N1c1cccc(Cl)c1. The number of imide groups is 1. The van der Waals surface area contributed by atoms with Gasteiger partial charge in [-0.25, -0.2) is 4.90 Å². The van der Waals surface area contributed by atoms with Gasteiger partial charge >= 0.3 is 0 Å². The van der Waals surface area contributed by atoms with Crippen LogP contribution in [0.25, 0.3) is 0 Å². The molecule has 5 heteroatoms. The second-order valence-corrected chi connectivity index (χ2v) is 7.22. The van der Waals surface area contributed by atoms with Crippen LogP contribution in [0.2, 0.25) is 5.02 Å². The Kier molecular flexibility index (Phi) is 3.55. The minimum atomic E-state index is -0.312. The van der Waals surface area contributed by atoms with Crippen molar-refractivity contribution in [1.29, 1.82) is 0 Å². The van der Waals surface area contributed by atoms with Crippen LogP contribution in [0.5, 0.6) is 0 Å². The molecular formula is C22H15ClN2O2. The van der Waals surface area contributed by atoms with Gasteiger partial charge in [0, 0.05) is 23.8 Å². The lowest BCUT2D eigenvalue weighted by Gasteiger charge is -2.18. The third-order valence-electron chi connectivity index (χ3n) is 5.14. The topological polar surface area (TPSA) is 40.6 Å². The lowest BCUT2D eigenvalue weighted by molar-refractivity contribution is 0.0926. The van der Waals surface area contributed by atoms with Crippen LogP contribution in [0.3, 0.4) is 0 Å². The van der Waals surface area contributed by atoms with E-state index in [2.05, 4.69) is 17.0 Å². The van der Waals surface area contributed by atoms with E-state index in [1.54, 1.807) is 30.3 Å². The second-order valence-electron chi connectivity index (χ2n) is 6.78. The summed E-state index contributed by atoms with van der Waals surface area (Å²) < 4.78 is 0. The molecule has 132 valence electrons. The van der Waals surface area contributed by atoms with Gasteiger partial charge in [0.25, 0.3) is 11.8 Å². The van der Waals surface area contributed by atoms with Gasteiger partial charge in [0.05, 0.1) is 16.8 Å². The Balaban J connectivity index is 1.50. The number of rotatable bonds is 2. The molecule has 4 nitrogen and oxygen atoms in total. The monoisotopic (exact) mass is 374 g/mol. The zero-order valence-corrected chi connectivity index (χ0v) is 15.1. The molecule has 0 fully saturated rings. The van der Waals surface area contributed by atoms with Gasteiger partial charge in [0.1, 0.15) is 0 Å². The van der Waals surface area contributed by atoms with Gasteiger partial charge in [-0.3, -0.25) is 9.59 Å². The van der Waals surface area contributed by atoms with E-state index in [0.717, 1.165) is 18.8 Å². The molecule has 0 aliphatic carbocycles. The number of carbonyl (C=O) groups excluding carboxylic acids is 2. The van der Waals surface area contributed by atoms with E-state index in [4.69, 9.17) is 11.6 Å². The van der Waals surface area contributed by atoms with Crippen molar-refractivity contribution in [1.82, 2.24) is 0 Å². The molecule has 3 aromatic carbocycles. The molecular weight excluding hydrogens is 360 g/mol. The van der Waals surface area contributed by atoms with Crippen molar-refractivity contribution in [2.75, 3.05) is 9.80 Å². The summed E-state index contributed by atoms with van der Waals surface area (Å²) in [5.41, 5.74) is 4.89. The molecule has 0 saturated heterocycles. The molecule has 0 unspecified atom stereocenters. The lowest BCUT2D eigenvalue weighted by Crippen LogP contribution is -2.29. The number of benzene rings is 3. The molecule has 2 heterocycles. The van der Waals surface area contributed by atoms with E-state index in [1.807, 2.05) is 24.3 Å². The number of nitrogens with zero attached hydrogens (tertiary/aromatic N) is 2. The van der Waals surface area contributed by atoms with Crippen LogP contribution in [-0.2, 0) is 13.1 Å². The van der Waals surface area contributed by atoms with Crippen LogP contribution >= 0.6 is 11.6 Å². The molecule has 0 atom stereocenters. The van der Waals surface area contributed by atoms with E-state index in [-0.39, 0.29) is 11.8 Å². The van der Waals surface area contributed by atoms with E-state index in [0.29, 0.717) is 21.8 Å². The van der Waals surface area contributed by atoms with Crippen LogP contribution in [0.4, 0.5) is 11.4 Å². The summed E-state index contributed by atoms with van der Waals surface area (Å²) in [7, 11) is 0. The van der Waals surface area contributed by atoms with Gasteiger partial charge in [0.2, 0.25) is 0 Å². The molecule has 5 rings (SSSR count). The van der Waals surface area contributed by atoms with Crippen LogP contribution < -0.4 is 9.80 Å². The first-order valence-corrected chi connectivity index (χ1v) is 9.10. The standard InChI is InChI=1S/C22H15ClN2O2/c23-16-6-3-7-18(10-16)25-21(26)19-9-8-17(11-20(19)22(25)27)24-12-14-4-1-2-5-15(14)13-24/h1-11H,12-13H2. The number of amides is 2. The van der Waals surface area contributed by atoms with Gasteiger partial charge in [0.15, 0.2) is 0 Å². The Morgan fingerprint density at radius 1 is 0.704 bits per heavy atom. The number of hydrogen-bond acceptors (Lipinski definition) is 3. The summed E-state index contributed by atoms with van der Waals surface area (Å²) in [5, 5.41) is 0.486. The minimum absolute atomic E-state index is 0.309. The lowest BCUT2D eigenvalue weighted by atomic mass is 10.1. The molecule has 0 radical (unpaired) electrons. The normalized spacial score (nSPS) is 15.3. The van der Waals surface area contributed by atoms with Crippen molar-refractivity contribution >= 4 is 34.8 Å². The highest BCUT2D eigenvalue weighted by Crippen LogP contribution is 2.34. The van der Waals surface area contributed by atoms with Gasteiger partial charge < -0.3 is 4.90 Å². The number of fused-ring (bicyclic) bond motifs is 2. The fourth-order valence-electron chi connectivity index (χ4n) is 3.79. The minimum Gasteiger partial charge on any atom is -0.363 e. The molecule has 0 bridgehead atoms. The Hall–Kier alpha value is -3.11. The number of halogens is 1. The van der Waals surface area contributed by atoms with E-state index in [1.165, 1.54) is 16.0 Å². The number of carbonyl (C=O) groups is 2. The van der Waals surface area contributed by atoms with Crippen molar-refractivity contribution in [3.63, 3.8) is 0 Å². The molecule has 3 aromatic rings. The molecule has 27 heavy (non-hydrogen) atoms. The quantitative estimate of drug-likeness (QED) is 0.612. The first kappa shape index (κ1) is 16.1. The summed E-state index contributed by atoms with van der Waals surface area (Å²) in [6, 6.07) is 20.6. The Morgan fingerprint density at radius 2 is 1.41 bits per heavy atom. The predicted octanol–water partition coefficient (Wildman–Crippen LogP) is 4.66. The van der Waals surface area contributed by atoms with Crippen LogP contribution in [0.15, 0.2) is 66.7 Å². The van der Waals surface area contributed by atoms with Crippen LogP contribution in [-0.4, -0.2) is 11.8 Å². The molecule has 0 aromatic heterocycles. The fourth-order valence-corrected chi connectivity index (χ4v) is 3.98. The van der Waals surface area contributed by atoms with Crippen molar-refractivity contribution in [3.8, 4) is 0 Å². The smallest absolute Gasteiger partial charge is 0.266 e. The molecule has 2 aliphatic rings. The predicted molar refractivity (Wildman–Crippen MR) is 105 cm³/mol. The average Bonchev–Trinajstić information content (AvgIpc) is 3.21. The third-order valence-corrected chi connectivity index (χ3v) is 5.38. The van der Waals surface area contributed by atoms with E-state index < -0.39 is 0 Å². The van der Waals surface area contributed by atoms with Crippen LogP contribution in [0, 0.1) is 0 Å². The van der Waals surface area contributed by atoms with Crippen molar-refractivity contribution in [2.45, 2.75) is 13.1 Å². The molecule has 0 spiro atoms. The van der Waals surface area contributed by atoms with Crippen molar-refractivity contribution in [3.05, 3.63) is 94.0 Å². The summed E-state index contributed by atoms with van der Waals surface area (Å²) in [6.07, 6.45) is 0. The zero-order chi connectivity index (χ0) is 18.5. The summed E-state index contributed by atoms with van der Waals surface area (Å²) in [5.74, 6) is -0.621. The fraction of sp³-hybridized carbons (Fsp3) is 0.0909. The second kappa shape index (κ2) is 5.96. The Labute approximate surface area is 161 Å². The van der Waals surface area contributed by atoms with Gasteiger partial charge in [-0.1, -0.05) is 41.9 Å². The molecule has 2 aliphatic heterocycles. The molecule has 2 amide bonds. The van der Waals surface area contributed by atoms with Gasteiger partial charge in [-0.05, 0) is 47.5 Å². The summed E-state index contributed by atoms with van der Waals surface area (Å²) in [6.45, 7) is 1.60. The van der Waals surface area contributed by atoms with E-state index in [9.17, 15) is 9.59 Å². The first-order chi connectivity index (χ1) is 13.1. The maximum atomic E-state index is 12.9. The van der Waals surface area contributed by atoms with E-state index >= 15 is 0 Å². The van der Waals surface area contributed by atoms with Gasteiger partial charge in [-0.2, -0.15) is 0 Å². The Bertz CT molecular complexity index is 1080. The van der Waals surface area contributed by atoms with Crippen molar-refractivity contribution in [2.24, 2.45) is 0 Å². The first-order valence-electron chi connectivity index (χ1n) is 8.72. The highest BCUT2D eigenvalue weighted by Gasteiger charge is 2.37. The Morgan fingerprint density at radius 3 is 2.11 bits per heavy atom. The molecule has 0 N–H and O–H groups in total. The third kappa shape index (κ3) is 2.53. The number of anilines is 2. The summed E-state index contributed by atoms with van der Waals surface area (Å²) in [4.78, 5) is 29.1. The summed E-state index contributed by atoms with van der Waals surface area (Å²) >= 11 is 6.03. The van der Waals surface area contributed by atoms with Crippen molar-refractivity contribution < 1.29 is 9.59 Å². The highest BCUT2D eigenvalue weighted by atomic mass is 35.5. The highest BCUT2D eigenvalue weighted by molar-refractivity contribution is 6.35. The largest absolute Gasteiger partial charge is 0.363 e. The van der Waals surface area contributed by atoms with Crippen LogP contribution in [0.1, 0.15) is 31.8 Å².